The van der Waals surface area contributed by atoms with Gasteiger partial charge in [-0.05, 0) is 29.6 Å². The lowest BCUT2D eigenvalue weighted by atomic mass is 10.2. The Morgan fingerprint density at radius 2 is 2.33 bits per heavy atom. The smallest absolute Gasteiger partial charge is 0.263 e. The van der Waals surface area contributed by atoms with Gasteiger partial charge in [0, 0.05) is 6.54 Å². The molecule has 0 aromatic carbocycles. The highest BCUT2D eigenvalue weighted by atomic mass is 32.1. The van der Waals surface area contributed by atoms with Crippen LogP contribution in [0.4, 0.5) is 0 Å². The minimum absolute atomic E-state index is 0.0173. The normalized spacial score (nSPS) is 11.4. The van der Waals surface area contributed by atoms with Gasteiger partial charge in [-0.3, -0.25) is 9.36 Å². The fraction of sp³-hybridized carbons (Fsp3) is 0.400. The molecule has 80 valence electrons. The third-order valence-corrected chi connectivity index (χ3v) is 3.31. The number of rotatable bonds is 2. The Hall–Kier alpha value is -0.940. The highest BCUT2D eigenvalue weighted by Gasteiger charge is 2.07. The monoisotopic (exact) mass is 240 g/mol. The van der Waals surface area contributed by atoms with E-state index < -0.39 is 0 Å². The molecule has 0 spiro atoms. The number of hydrogen-bond donors (Lipinski definition) is 1. The van der Waals surface area contributed by atoms with Gasteiger partial charge < -0.3 is 4.98 Å². The van der Waals surface area contributed by atoms with Crippen LogP contribution in [0.15, 0.2) is 16.2 Å². The number of aromatic amines is 1. The van der Waals surface area contributed by atoms with Crippen LogP contribution in [0.1, 0.15) is 13.8 Å². The lowest BCUT2D eigenvalue weighted by molar-refractivity contribution is 0.504. The van der Waals surface area contributed by atoms with E-state index in [0.717, 1.165) is 10.2 Å². The summed E-state index contributed by atoms with van der Waals surface area (Å²) in [5.41, 5.74) is 0.0173. The number of nitrogens with one attached hydrogen (secondary N) is 1. The van der Waals surface area contributed by atoms with E-state index in [0.29, 0.717) is 17.2 Å². The second kappa shape index (κ2) is 3.90. The molecule has 0 saturated heterocycles. The summed E-state index contributed by atoms with van der Waals surface area (Å²) in [5.74, 6) is 0.411. The van der Waals surface area contributed by atoms with Crippen LogP contribution in [0, 0.1) is 10.7 Å². The Morgan fingerprint density at radius 1 is 1.60 bits per heavy atom. The van der Waals surface area contributed by atoms with Gasteiger partial charge in [-0.25, -0.2) is 0 Å². The molecule has 2 rings (SSSR count). The number of aromatic nitrogens is 2. The van der Waals surface area contributed by atoms with E-state index in [9.17, 15) is 4.79 Å². The summed E-state index contributed by atoms with van der Waals surface area (Å²) in [6.45, 7) is 4.80. The number of fused-ring (bicyclic) bond motifs is 1. The number of hydrogen-bond acceptors (Lipinski definition) is 3. The summed E-state index contributed by atoms with van der Waals surface area (Å²) < 4.78 is 2.15. The first-order valence-corrected chi connectivity index (χ1v) is 6.08. The van der Waals surface area contributed by atoms with Crippen molar-refractivity contribution in [3.8, 4) is 0 Å². The topological polar surface area (TPSA) is 37.8 Å². The fourth-order valence-corrected chi connectivity index (χ4v) is 2.61. The third-order valence-electron chi connectivity index (χ3n) is 2.15. The molecule has 15 heavy (non-hydrogen) atoms. The molecule has 2 heterocycles. The first-order chi connectivity index (χ1) is 7.09. The van der Waals surface area contributed by atoms with E-state index in [2.05, 4.69) is 18.8 Å². The van der Waals surface area contributed by atoms with Crippen LogP contribution in [0.3, 0.4) is 0 Å². The Balaban J connectivity index is 2.73. The van der Waals surface area contributed by atoms with Gasteiger partial charge in [0.2, 0.25) is 0 Å². The first kappa shape index (κ1) is 10.6. The molecular weight excluding hydrogens is 228 g/mol. The van der Waals surface area contributed by atoms with Gasteiger partial charge in [0.15, 0.2) is 4.77 Å². The molecule has 0 unspecified atom stereocenters. The molecule has 0 radical (unpaired) electrons. The van der Waals surface area contributed by atoms with Crippen molar-refractivity contribution in [2.24, 2.45) is 5.92 Å². The zero-order valence-corrected chi connectivity index (χ0v) is 10.2. The van der Waals surface area contributed by atoms with Crippen molar-refractivity contribution in [3.63, 3.8) is 0 Å². The Morgan fingerprint density at radius 3 is 3.00 bits per heavy atom. The number of nitrogens with zero attached hydrogens (tertiary/aromatic N) is 1. The lowest BCUT2D eigenvalue weighted by Gasteiger charge is -2.08. The van der Waals surface area contributed by atoms with Crippen molar-refractivity contribution in [3.05, 3.63) is 26.6 Å². The van der Waals surface area contributed by atoms with Crippen LogP contribution >= 0.6 is 23.6 Å². The standard InChI is InChI=1S/C10H12N2OS2/c1-6(2)5-12-9(13)7-3-4-15-8(7)11-10(12)14/h3-4,6H,5H2,1-2H3,(H,11,14). The molecule has 1 N–H and O–H groups in total. The molecule has 0 saturated carbocycles. The molecule has 5 heteroatoms. The fourth-order valence-electron chi connectivity index (χ4n) is 1.51. The second-order valence-electron chi connectivity index (χ2n) is 3.90. The van der Waals surface area contributed by atoms with Crippen molar-refractivity contribution < 1.29 is 0 Å². The van der Waals surface area contributed by atoms with Crippen molar-refractivity contribution in [2.75, 3.05) is 0 Å². The van der Waals surface area contributed by atoms with E-state index in [1.807, 2.05) is 11.4 Å². The summed E-state index contributed by atoms with van der Waals surface area (Å²) >= 11 is 6.67. The molecule has 2 aromatic heterocycles. The Labute approximate surface area is 96.4 Å². The van der Waals surface area contributed by atoms with Crippen molar-refractivity contribution in [1.82, 2.24) is 9.55 Å². The quantitative estimate of drug-likeness (QED) is 0.820. The van der Waals surface area contributed by atoms with Gasteiger partial charge in [0.1, 0.15) is 4.83 Å². The molecular formula is C10H12N2OS2. The van der Waals surface area contributed by atoms with Crippen molar-refractivity contribution in [2.45, 2.75) is 20.4 Å². The zero-order chi connectivity index (χ0) is 11.0. The van der Waals surface area contributed by atoms with E-state index in [1.54, 1.807) is 4.57 Å². The van der Waals surface area contributed by atoms with Crippen LogP contribution in [-0.2, 0) is 6.54 Å². The van der Waals surface area contributed by atoms with Crippen LogP contribution in [-0.4, -0.2) is 9.55 Å². The van der Waals surface area contributed by atoms with E-state index in [1.165, 1.54) is 11.3 Å². The summed E-state index contributed by atoms with van der Waals surface area (Å²) in [7, 11) is 0. The van der Waals surface area contributed by atoms with E-state index >= 15 is 0 Å². The number of H-pyrrole nitrogens is 1. The molecule has 0 aliphatic heterocycles. The highest BCUT2D eigenvalue weighted by molar-refractivity contribution is 7.71. The maximum atomic E-state index is 12.0. The maximum Gasteiger partial charge on any atom is 0.263 e. The summed E-state index contributed by atoms with van der Waals surface area (Å²) in [6, 6.07) is 1.84. The van der Waals surface area contributed by atoms with Crippen molar-refractivity contribution >= 4 is 33.8 Å². The van der Waals surface area contributed by atoms with Crippen molar-refractivity contribution in [1.29, 1.82) is 0 Å². The van der Waals surface area contributed by atoms with Crippen LogP contribution in [0.5, 0.6) is 0 Å². The van der Waals surface area contributed by atoms with Crippen LogP contribution in [0.2, 0.25) is 0 Å². The second-order valence-corrected chi connectivity index (χ2v) is 5.21. The predicted molar refractivity (Wildman–Crippen MR) is 66.1 cm³/mol. The molecule has 0 bridgehead atoms. The minimum Gasteiger partial charge on any atom is -0.323 e. The zero-order valence-electron chi connectivity index (χ0n) is 8.61. The molecule has 0 aliphatic carbocycles. The van der Waals surface area contributed by atoms with E-state index in [4.69, 9.17) is 12.2 Å². The summed E-state index contributed by atoms with van der Waals surface area (Å²) in [6.07, 6.45) is 0. The van der Waals surface area contributed by atoms with E-state index in [-0.39, 0.29) is 5.56 Å². The molecule has 0 amide bonds. The Bertz CT molecular complexity index is 591. The maximum absolute atomic E-state index is 12.0. The van der Waals surface area contributed by atoms with Gasteiger partial charge in [-0.1, -0.05) is 13.8 Å². The molecule has 2 aromatic rings. The number of thiophene rings is 1. The van der Waals surface area contributed by atoms with Gasteiger partial charge in [0.05, 0.1) is 5.39 Å². The largest absolute Gasteiger partial charge is 0.323 e. The predicted octanol–water partition coefficient (Wildman–Crippen LogP) is 2.78. The Kier molecular flexibility index (Phi) is 2.75. The van der Waals surface area contributed by atoms with Gasteiger partial charge in [-0.2, -0.15) is 0 Å². The average molecular weight is 240 g/mol. The van der Waals surface area contributed by atoms with Gasteiger partial charge in [0.25, 0.3) is 5.56 Å². The van der Waals surface area contributed by atoms with Gasteiger partial charge >= 0.3 is 0 Å². The molecule has 0 atom stereocenters. The highest BCUT2D eigenvalue weighted by Crippen LogP contribution is 2.14. The average Bonchev–Trinajstić information content (AvgIpc) is 2.59. The SMILES string of the molecule is CC(C)Cn1c(=S)[nH]c2sccc2c1=O. The molecule has 0 fully saturated rings. The first-order valence-electron chi connectivity index (χ1n) is 4.80. The van der Waals surface area contributed by atoms with Gasteiger partial charge in [-0.15, -0.1) is 11.3 Å². The van der Waals surface area contributed by atoms with Crippen LogP contribution in [0.25, 0.3) is 10.2 Å². The summed E-state index contributed by atoms with van der Waals surface area (Å²) in [4.78, 5) is 16.0. The molecule has 3 nitrogen and oxygen atoms in total. The third kappa shape index (κ3) is 1.89. The minimum atomic E-state index is 0.0173. The lowest BCUT2D eigenvalue weighted by Crippen LogP contribution is -2.23. The molecule has 0 aliphatic rings. The van der Waals surface area contributed by atoms with Crippen LogP contribution < -0.4 is 5.56 Å². The summed E-state index contributed by atoms with van der Waals surface area (Å²) in [5, 5.41) is 2.63.